The fraction of sp³-hybridized carbons (Fsp3) is 0.308. The number of H-pyrrole nitrogens is 1. The molecule has 0 atom stereocenters. The minimum atomic E-state index is 0.722. The molecule has 1 heterocycles. The minimum Gasteiger partial charge on any atom is -0.492 e. The van der Waals surface area contributed by atoms with Crippen LogP contribution < -0.4 is 4.74 Å². The number of nitrogens with zero attached hydrogens (tertiary/aromatic N) is 1. The van der Waals surface area contributed by atoms with Gasteiger partial charge in [0.1, 0.15) is 9.45 Å². The van der Waals surface area contributed by atoms with E-state index in [1.807, 2.05) is 18.2 Å². The van der Waals surface area contributed by atoms with Crippen LogP contribution in [0.3, 0.4) is 0 Å². The van der Waals surface area contributed by atoms with Crippen molar-refractivity contribution in [3.8, 4) is 5.75 Å². The van der Waals surface area contributed by atoms with Crippen LogP contribution in [0.5, 0.6) is 5.75 Å². The first-order valence-electron chi connectivity index (χ1n) is 5.79. The number of aromatic nitrogens is 2. The Balaban J connectivity index is 2.04. The predicted octanol–water partition coefficient (Wildman–Crippen LogP) is 4.67. The predicted molar refractivity (Wildman–Crippen MR) is 86.1 cm³/mol. The van der Waals surface area contributed by atoms with Crippen LogP contribution in [0.4, 0.5) is 0 Å². The number of halogens is 2. The molecule has 1 N–H and O–H groups in total. The number of nitrogens with one attached hydrogen (secondary N) is 1. The molecule has 0 amide bonds. The van der Waals surface area contributed by atoms with Crippen LogP contribution in [0.15, 0.2) is 29.3 Å². The molecule has 5 heteroatoms. The normalized spacial score (nSPS) is 10.8. The third-order valence-corrected chi connectivity index (χ3v) is 4.06. The zero-order valence-corrected chi connectivity index (χ0v) is 13.6. The molecule has 2 aromatic rings. The lowest BCUT2D eigenvalue weighted by atomic mass is 10.2. The van der Waals surface area contributed by atoms with Crippen LogP contribution in [0.1, 0.15) is 19.3 Å². The zero-order valence-electron chi connectivity index (χ0n) is 9.88. The molecule has 0 radical (unpaired) electrons. The molecule has 2 rings (SSSR count). The molecule has 0 saturated carbocycles. The summed E-state index contributed by atoms with van der Waals surface area (Å²) in [5, 5.41) is 8.31. The van der Waals surface area contributed by atoms with Crippen LogP contribution in [-0.2, 0) is 0 Å². The van der Waals surface area contributed by atoms with E-state index in [0.29, 0.717) is 0 Å². The lowest BCUT2D eigenvalue weighted by Gasteiger charge is -2.07. The highest BCUT2D eigenvalue weighted by atomic mass is 127. The molecule has 0 unspecified atom stereocenters. The second-order valence-corrected chi connectivity index (χ2v) is 5.90. The summed E-state index contributed by atoms with van der Waals surface area (Å²) < 4.78 is 7.78. The quantitative estimate of drug-likeness (QED) is 0.419. The highest BCUT2D eigenvalue weighted by Crippen LogP contribution is 2.31. The number of rotatable bonds is 6. The first-order chi connectivity index (χ1) is 8.72. The number of unbranched alkanes of at least 4 members (excludes halogenated alkanes) is 2. The van der Waals surface area contributed by atoms with Gasteiger partial charge in [-0.3, -0.25) is 5.10 Å². The summed E-state index contributed by atoms with van der Waals surface area (Å²) in [5.41, 5.74) is 0.934. The largest absolute Gasteiger partial charge is 0.492 e. The molecule has 0 aliphatic rings. The van der Waals surface area contributed by atoms with Crippen molar-refractivity contribution in [1.82, 2.24) is 10.2 Å². The first-order valence-corrected chi connectivity index (χ1v) is 7.66. The number of hydrogen-bond acceptors (Lipinski definition) is 2. The van der Waals surface area contributed by atoms with E-state index in [9.17, 15) is 0 Å². The highest BCUT2D eigenvalue weighted by molar-refractivity contribution is 14.1. The third-order valence-electron chi connectivity index (χ3n) is 2.62. The van der Waals surface area contributed by atoms with E-state index in [1.54, 1.807) is 0 Å². The third kappa shape index (κ3) is 3.26. The summed E-state index contributed by atoms with van der Waals surface area (Å²) in [6, 6.07) is 4.01. The fourth-order valence-electron chi connectivity index (χ4n) is 1.66. The van der Waals surface area contributed by atoms with E-state index in [0.717, 1.165) is 50.7 Å². The lowest BCUT2D eigenvalue weighted by Crippen LogP contribution is -1.97. The van der Waals surface area contributed by atoms with Gasteiger partial charge in [0.15, 0.2) is 0 Å². The van der Waals surface area contributed by atoms with Crippen LogP contribution in [0.25, 0.3) is 10.9 Å². The number of aromatic amines is 1. The van der Waals surface area contributed by atoms with Crippen molar-refractivity contribution in [2.45, 2.75) is 19.3 Å². The van der Waals surface area contributed by atoms with Gasteiger partial charge in [-0.05, 0) is 63.8 Å². The van der Waals surface area contributed by atoms with Gasteiger partial charge in [-0.25, -0.2) is 0 Å². The second-order valence-electron chi connectivity index (χ2n) is 3.97. The maximum Gasteiger partial charge on any atom is 0.135 e. The van der Waals surface area contributed by atoms with E-state index >= 15 is 0 Å². The van der Waals surface area contributed by atoms with E-state index in [4.69, 9.17) is 4.74 Å². The second kappa shape index (κ2) is 6.56. The molecule has 96 valence electrons. The molecule has 0 spiro atoms. The van der Waals surface area contributed by atoms with Crippen molar-refractivity contribution in [3.63, 3.8) is 0 Å². The van der Waals surface area contributed by atoms with Gasteiger partial charge in [-0.1, -0.05) is 6.08 Å². The van der Waals surface area contributed by atoms with Crippen molar-refractivity contribution in [2.75, 3.05) is 6.61 Å². The molecule has 18 heavy (non-hydrogen) atoms. The first kappa shape index (κ1) is 13.9. The molecule has 0 aliphatic heterocycles. The molecule has 0 saturated heterocycles. The fourth-order valence-corrected chi connectivity index (χ4v) is 2.67. The summed E-state index contributed by atoms with van der Waals surface area (Å²) in [4.78, 5) is 0. The molecule has 3 nitrogen and oxygen atoms in total. The van der Waals surface area contributed by atoms with Gasteiger partial charge in [0.05, 0.1) is 16.6 Å². The van der Waals surface area contributed by atoms with Crippen molar-refractivity contribution >= 4 is 49.4 Å². The summed E-state index contributed by atoms with van der Waals surface area (Å²) >= 11 is 5.77. The molecule has 0 aliphatic carbocycles. The van der Waals surface area contributed by atoms with E-state index in [-0.39, 0.29) is 0 Å². The Kier molecular flexibility index (Phi) is 5.05. The monoisotopic (exact) mass is 420 g/mol. The number of fused-ring (bicyclic) bond motifs is 1. The standard InChI is InChI=1S/C13H14BrIN2O/c1-2-3-4-5-6-18-12-8-11-9(7-10(12)14)13(15)17-16-11/h2,7-8H,1,3-6H2,(H,16,17). The van der Waals surface area contributed by atoms with Crippen LogP contribution >= 0.6 is 38.5 Å². The molecule has 1 aromatic carbocycles. The Labute approximate surface area is 128 Å². The Morgan fingerprint density at radius 3 is 3.06 bits per heavy atom. The van der Waals surface area contributed by atoms with Crippen LogP contribution in [0.2, 0.25) is 0 Å². The number of hydrogen-bond donors (Lipinski definition) is 1. The van der Waals surface area contributed by atoms with Gasteiger partial charge in [-0.15, -0.1) is 6.58 Å². The molecule has 1 aromatic heterocycles. The lowest BCUT2D eigenvalue weighted by molar-refractivity contribution is 0.306. The number of allylic oxidation sites excluding steroid dienone is 1. The van der Waals surface area contributed by atoms with Gasteiger partial charge in [0.2, 0.25) is 0 Å². The van der Waals surface area contributed by atoms with Gasteiger partial charge in [0, 0.05) is 11.5 Å². The van der Waals surface area contributed by atoms with Crippen molar-refractivity contribution in [1.29, 1.82) is 0 Å². The van der Waals surface area contributed by atoms with E-state index in [1.165, 1.54) is 0 Å². The zero-order chi connectivity index (χ0) is 13.0. The summed E-state index contributed by atoms with van der Waals surface area (Å²) in [5.74, 6) is 0.851. The summed E-state index contributed by atoms with van der Waals surface area (Å²) in [7, 11) is 0. The molecule has 0 bridgehead atoms. The summed E-state index contributed by atoms with van der Waals surface area (Å²) in [6.45, 7) is 4.43. The van der Waals surface area contributed by atoms with E-state index in [2.05, 4.69) is 55.3 Å². The average molecular weight is 421 g/mol. The highest BCUT2D eigenvalue weighted by Gasteiger charge is 2.08. The summed E-state index contributed by atoms with van der Waals surface area (Å²) in [6.07, 6.45) is 5.13. The Bertz CT molecular complexity index is 553. The van der Waals surface area contributed by atoms with Crippen LogP contribution in [0, 0.1) is 3.70 Å². The van der Waals surface area contributed by atoms with Gasteiger partial charge >= 0.3 is 0 Å². The van der Waals surface area contributed by atoms with Crippen LogP contribution in [-0.4, -0.2) is 16.8 Å². The SMILES string of the molecule is C=CCCCCOc1cc2n[nH]c(I)c2cc1Br. The Morgan fingerprint density at radius 1 is 1.44 bits per heavy atom. The van der Waals surface area contributed by atoms with Crippen molar-refractivity contribution in [3.05, 3.63) is 33.0 Å². The van der Waals surface area contributed by atoms with E-state index < -0.39 is 0 Å². The Morgan fingerprint density at radius 2 is 2.28 bits per heavy atom. The van der Waals surface area contributed by atoms with Crippen molar-refractivity contribution < 1.29 is 4.74 Å². The smallest absolute Gasteiger partial charge is 0.135 e. The topological polar surface area (TPSA) is 37.9 Å². The Hall–Kier alpha value is -0.560. The molecule has 0 fully saturated rings. The maximum absolute atomic E-state index is 5.76. The van der Waals surface area contributed by atoms with Gasteiger partial charge in [0.25, 0.3) is 0 Å². The van der Waals surface area contributed by atoms with Gasteiger partial charge < -0.3 is 4.74 Å². The van der Waals surface area contributed by atoms with Crippen molar-refractivity contribution in [2.24, 2.45) is 0 Å². The number of benzene rings is 1. The molecular weight excluding hydrogens is 407 g/mol. The number of ether oxygens (including phenoxy) is 1. The molecular formula is C13H14BrIN2O. The maximum atomic E-state index is 5.76. The van der Waals surface area contributed by atoms with Gasteiger partial charge in [-0.2, -0.15) is 5.10 Å². The minimum absolute atomic E-state index is 0.722. The average Bonchev–Trinajstić information content (AvgIpc) is 2.71.